The predicted molar refractivity (Wildman–Crippen MR) is 65.3 cm³/mol. The minimum Gasteiger partial charge on any atom is -0.305 e. The molecule has 0 saturated heterocycles. The number of carbonyl (C=O) groups excluding carboxylic acids is 1. The first-order chi connectivity index (χ1) is 9.88. The fourth-order valence-corrected chi connectivity index (χ4v) is 1.49. The summed E-state index contributed by atoms with van der Waals surface area (Å²) in [5.74, 6) is -6.64. The van der Waals surface area contributed by atoms with Crippen molar-refractivity contribution < 1.29 is 26.7 Å². The van der Waals surface area contributed by atoms with Crippen molar-refractivity contribution >= 4 is 17.4 Å². The Morgan fingerprint density at radius 1 is 0.762 bits per heavy atom. The maximum Gasteiger partial charge on any atom is 0.323 e. The van der Waals surface area contributed by atoms with Crippen LogP contribution in [0.4, 0.5) is 38.1 Å². The molecule has 0 bridgehead atoms. The summed E-state index contributed by atoms with van der Waals surface area (Å²) in [5.41, 5.74) is -0.995. The Hall–Kier alpha value is -2.64. The van der Waals surface area contributed by atoms with Crippen molar-refractivity contribution in [2.24, 2.45) is 0 Å². The normalized spacial score (nSPS) is 10.3. The molecule has 0 heterocycles. The summed E-state index contributed by atoms with van der Waals surface area (Å²) in [6.45, 7) is 0. The molecule has 21 heavy (non-hydrogen) atoms. The summed E-state index contributed by atoms with van der Waals surface area (Å²) in [6.07, 6.45) is 0. The molecule has 2 rings (SSSR count). The Balaban J connectivity index is 2.14. The van der Waals surface area contributed by atoms with Crippen LogP contribution in [0.1, 0.15) is 0 Å². The van der Waals surface area contributed by atoms with Gasteiger partial charge in [-0.05, 0) is 24.3 Å². The van der Waals surface area contributed by atoms with Crippen LogP contribution < -0.4 is 10.6 Å². The van der Waals surface area contributed by atoms with Gasteiger partial charge in [-0.1, -0.05) is 0 Å². The van der Waals surface area contributed by atoms with E-state index in [-0.39, 0.29) is 5.69 Å². The van der Waals surface area contributed by atoms with Gasteiger partial charge >= 0.3 is 6.03 Å². The van der Waals surface area contributed by atoms with E-state index in [1.807, 2.05) is 10.6 Å². The van der Waals surface area contributed by atoms with Gasteiger partial charge in [0.1, 0.15) is 11.6 Å². The van der Waals surface area contributed by atoms with Crippen LogP contribution >= 0.6 is 0 Å². The summed E-state index contributed by atoms with van der Waals surface area (Å²) in [5, 5.41) is 3.85. The number of benzene rings is 2. The van der Waals surface area contributed by atoms with E-state index in [9.17, 15) is 26.7 Å². The van der Waals surface area contributed by atoms with Crippen LogP contribution in [-0.2, 0) is 0 Å². The molecular formula is C13H7F5N2O. The van der Waals surface area contributed by atoms with Gasteiger partial charge < -0.3 is 10.6 Å². The number of urea groups is 1. The SMILES string of the molecule is O=C(Nc1ccc(F)cc1F)Nc1ccc(F)c(F)c1F. The van der Waals surface area contributed by atoms with E-state index in [1.165, 1.54) is 0 Å². The number of hydrogen-bond acceptors (Lipinski definition) is 1. The zero-order valence-corrected chi connectivity index (χ0v) is 10.2. The van der Waals surface area contributed by atoms with Gasteiger partial charge in [0.2, 0.25) is 0 Å². The minimum absolute atomic E-state index is 0.364. The monoisotopic (exact) mass is 302 g/mol. The van der Waals surface area contributed by atoms with Crippen LogP contribution in [0.5, 0.6) is 0 Å². The standard InChI is InChI=1S/C13H7F5N2O/c14-6-1-3-9(8(16)5-6)19-13(21)20-10-4-2-7(15)11(17)12(10)18/h1-5H,(H2,19,20,21). The largest absolute Gasteiger partial charge is 0.323 e. The summed E-state index contributed by atoms with van der Waals surface area (Å²) in [4.78, 5) is 11.5. The van der Waals surface area contributed by atoms with Crippen LogP contribution in [0, 0.1) is 29.1 Å². The second-order valence-electron chi connectivity index (χ2n) is 3.93. The zero-order chi connectivity index (χ0) is 15.6. The van der Waals surface area contributed by atoms with Crippen molar-refractivity contribution in [2.75, 3.05) is 10.6 Å². The van der Waals surface area contributed by atoms with E-state index >= 15 is 0 Å². The van der Waals surface area contributed by atoms with Crippen molar-refractivity contribution in [3.05, 3.63) is 59.4 Å². The van der Waals surface area contributed by atoms with E-state index in [2.05, 4.69) is 0 Å². The fourth-order valence-electron chi connectivity index (χ4n) is 1.49. The lowest BCUT2D eigenvalue weighted by Crippen LogP contribution is -2.21. The molecule has 0 spiro atoms. The summed E-state index contributed by atoms with van der Waals surface area (Å²) in [7, 11) is 0. The van der Waals surface area contributed by atoms with E-state index in [4.69, 9.17) is 0 Å². The number of nitrogens with one attached hydrogen (secondary N) is 2. The Morgan fingerprint density at radius 2 is 1.38 bits per heavy atom. The molecule has 0 saturated carbocycles. The van der Waals surface area contributed by atoms with Gasteiger partial charge in [-0.2, -0.15) is 0 Å². The molecule has 2 aromatic rings. The van der Waals surface area contributed by atoms with E-state index in [0.29, 0.717) is 12.1 Å². The first kappa shape index (κ1) is 14.8. The molecule has 2 N–H and O–H groups in total. The molecule has 2 aromatic carbocycles. The van der Waals surface area contributed by atoms with Gasteiger partial charge in [0.15, 0.2) is 17.5 Å². The van der Waals surface area contributed by atoms with Gasteiger partial charge in [-0.3, -0.25) is 0 Å². The lowest BCUT2D eigenvalue weighted by Gasteiger charge is -2.09. The van der Waals surface area contributed by atoms with Gasteiger partial charge in [0.25, 0.3) is 0 Å². The van der Waals surface area contributed by atoms with Gasteiger partial charge in [-0.25, -0.2) is 26.7 Å². The average Bonchev–Trinajstić information content (AvgIpc) is 2.43. The number of anilines is 2. The number of rotatable bonds is 2. The van der Waals surface area contributed by atoms with Crippen LogP contribution in [0.2, 0.25) is 0 Å². The molecule has 0 aromatic heterocycles. The smallest absolute Gasteiger partial charge is 0.305 e. The Bertz CT molecular complexity index is 705. The zero-order valence-electron chi connectivity index (χ0n) is 10.2. The molecule has 0 aliphatic rings. The Kier molecular flexibility index (Phi) is 4.06. The molecule has 0 radical (unpaired) electrons. The van der Waals surface area contributed by atoms with E-state index in [0.717, 1.165) is 18.2 Å². The lowest BCUT2D eigenvalue weighted by atomic mass is 10.3. The predicted octanol–water partition coefficient (Wildman–Crippen LogP) is 4.03. The molecule has 0 fully saturated rings. The van der Waals surface area contributed by atoms with Gasteiger partial charge in [0.05, 0.1) is 11.4 Å². The molecule has 0 unspecified atom stereocenters. The van der Waals surface area contributed by atoms with Gasteiger partial charge in [-0.15, -0.1) is 0 Å². The van der Waals surface area contributed by atoms with Crippen LogP contribution in [0.25, 0.3) is 0 Å². The molecule has 0 atom stereocenters. The topological polar surface area (TPSA) is 41.1 Å². The first-order valence-electron chi connectivity index (χ1n) is 5.55. The maximum absolute atomic E-state index is 13.3. The summed E-state index contributed by atoms with van der Waals surface area (Å²) < 4.78 is 64.9. The second kappa shape index (κ2) is 5.78. The van der Waals surface area contributed by atoms with E-state index < -0.39 is 40.8 Å². The Labute approximate surface area is 115 Å². The summed E-state index contributed by atoms with van der Waals surface area (Å²) in [6, 6.07) is 2.70. The summed E-state index contributed by atoms with van der Waals surface area (Å²) >= 11 is 0. The third kappa shape index (κ3) is 3.28. The second-order valence-corrected chi connectivity index (χ2v) is 3.93. The van der Waals surface area contributed by atoms with Crippen LogP contribution in [0.15, 0.2) is 30.3 Å². The molecule has 3 nitrogen and oxygen atoms in total. The van der Waals surface area contributed by atoms with Crippen molar-refractivity contribution in [3.63, 3.8) is 0 Å². The maximum atomic E-state index is 13.3. The van der Waals surface area contributed by atoms with Crippen molar-refractivity contribution in [1.29, 1.82) is 0 Å². The number of amides is 2. The van der Waals surface area contributed by atoms with Crippen molar-refractivity contribution in [1.82, 2.24) is 0 Å². The van der Waals surface area contributed by atoms with Crippen LogP contribution in [0.3, 0.4) is 0 Å². The first-order valence-corrected chi connectivity index (χ1v) is 5.55. The molecule has 0 aliphatic heterocycles. The lowest BCUT2D eigenvalue weighted by molar-refractivity contribution is 0.262. The Morgan fingerprint density at radius 3 is 2.05 bits per heavy atom. The van der Waals surface area contributed by atoms with E-state index in [1.54, 1.807) is 0 Å². The third-order valence-electron chi connectivity index (χ3n) is 2.46. The number of hydrogen-bond donors (Lipinski definition) is 2. The molecular weight excluding hydrogens is 295 g/mol. The van der Waals surface area contributed by atoms with Crippen LogP contribution in [-0.4, -0.2) is 6.03 Å². The van der Waals surface area contributed by atoms with Gasteiger partial charge in [0, 0.05) is 6.07 Å². The highest BCUT2D eigenvalue weighted by Gasteiger charge is 2.16. The highest BCUT2D eigenvalue weighted by molar-refractivity contribution is 5.99. The minimum atomic E-state index is -1.75. The molecule has 8 heteroatoms. The number of halogens is 5. The van der Waals surface area contributed by atoms with Crippen molar-refractivity contribution in [3.8, 4) is 0 Å². The molecule has 110 valence electrons. The molecule has 2 amide bonds. The fraction of sp³-hybridized carbons (Fsp3) is 0. The highest BCUT2D eigenvalue weighted by atomic mass is 19.2. The molecule has 0 aliphatic carbocycles. The highest BCUT2D eigenvalue weighted by Crippen LogP contribution is 2.20. The number of carbonyl (C=O) groups is 1. The third-order valence-corrected chi connectivity index (χ3v) is 2.46. The quantitative estimate of drug-likeness (QED) is 0.638. The average molecular weight is 302 g/mol. The van der Waals surface area contributed by atoms with Crippen molar-refractivity contribution in [2.45, 2.75) is 0 Å².